The Morgan fingerprint density at radius 1 is 1.07 bits per heavy atom. The summed E-state index contributed by atoms with van der Waals surface area (Å²) in [4.78, 5) is 17.1. The van der Waals surface area contributed by atoms with Crippen LogP contribution in [-0.4, -0.2) is 62.9 Å². The summed E-state index contributed by atoms with van der Waals surface area (Å²) in [7, 11) is 3.32. The van der Waals surface area contributed by atoms with Gasteiger partial charge in [0.05, 0.1) is 19.2 Å². The zero-order chi connectivity index (χ0) is 20.4. The fraction of sp³-hybridized carbons (Fsp3) is 0.381. The highest BCUT2D eigenvalue weighted by Gasteiger charge is 2.26. The van der Waals surface area contributed by atoms with E-state index in [1.807, 2.05) is 23.1 Å². The lowest BCUT2D eigenvalue weighted by Crippen LogP contribution is -2.48. The third-order valence-corrected chi connectivity index (χ3v) is 5.50. The minimum absolute atomic E-state index is 0.0520. The number of nitrogens with zero attached hydrogens (tertiary/aromatic N) is 2. The number of rotatable bonds is 5. The molecule has 7 nitrogen and oxygen atoms in total. The van der Waals surface area contributed by atoms with Crippen LogP contribution in [0.3, 0.4) is 0 Å². The van der Waals surface area contributed by atoms with Crippen molar-refractivity contribution in [3.63, 3.8) is 0 Å². The summed E-state index contributed by atoms with van der Waals surface area (Å²) in [5.41, 5.74) is 1.58. The Balaban J connectivity index is 1.40. The SMILES string of the molecule is COc1ccc(OC)c(CN2CCN(C(=O)c3cc(Cl)c4c(c3)OCO4)CC2)c1. The molecule has 0 unspecified atom stereocenters. The Hall–Kier alpha value is -2.64. The molecule has 0 spiro atoms. The molecule has 2 aromatic rings. The Morgan fingerprint density at radius 2 is 1.86 bits per heavy atom. The average molecular weight is 419 g/mol. The first kappa shape index (κ1) is 19.7. The van der Waals surface area contributed by atoms with Gasteiger partial charge in [0.2, 0.25) is 6.79 Å². The van der Waals surface area contributed by atoms with Gasteiger partial charge in [0.15, 0.2) is 11.5 Å². The summed E-state index contributed by atoms with van der Waals surface area (Å²) in [6.45, 7) is 3.67. The maximum atomic E-state index is 12.9. The molecule has 29 heavy (non-hydrogen) atoms. The van der Waals surface area contributed by atoms with Crippen LogP contribution >= 0.6 is 11.6 Å². The number of carbonyl (C=O) groups excluding carboxylic acids is 1. The van der Waals surface area contributed by atoms with Gasteiger partial charge in [-0.25, -0.2) is 0 Å². The lowest BCUT2D eigenvalue weighted by molar-refractivity contribution is 0.0627. The number of benzene rings is 2. The molecule has 8 heteroatoms. The molecule has 1 amide bonds. The molecule has 4 rings (SSSR count). The van der Waals surface area contributed by atoms with Gasteiger partial charge in [-0.3, -0.25) is 9.69 Å². The Kier molecular flexibility index (Phi) is 5.69. The van der Waals surface area contributed by atoms with E-state index < -0.39 is 0 Å². The molecular formula is C21H23ClN2O5. The van der Waals surface area contributed by atoms with Crippen molar-refractivity contribution in [2.75, 3.05) is 47.2 Å². The van der Waals surface area contributed by atoms with Crippen LogP contribution in [0.2, 0.25) is 5.02 Å². The van der Waals surface area contributed by atoms with Crippen molar-refractivity contribution < 1.29 is 23.7 Å². The van der Waals surface area contributed by atoms with Crippen LogP contribution in [0.1, 0.15) is 15.9 Å². The van der Waals surface area contributed by atoms with E-state index in [0.29, 0.717) is 35.2 Å². The average Bonchev–Trinajstić information content (AvgIpc) is 3.23. The molecule has 1 saturated heterocycles. The minimum atomic E-state index is -0.0520. The molecule has 0 aromatic heterocycles. The van der Waals surface area contributed by atoms with Gasteiger partial charge < -0.3 is 23.8 Å². The van der Waals surface area contributed by atoms with Crippen molar-refractivity contribution in [3.8, 4) is 23.0 Å². The number of amides is 1. The van der Waals surface area contributed by atoms with E-state index in [4.69, 9.17) is 30.5 Å². The molecule has 2 heterocycles. The first-order valence-electron chi connectivity index (χ1n) is 9.40. The Bertz CT molecular complexity index is 912. The normalized spacial score (nSPS) is 16.0. The highest BCUT2D eigenvalue weighted by molar-refractivity contribution is 6.32. The van der Waals surface area contributed by atoms with Gasteiger partial charge in [-0.05, 0) is 30.3 Å². The van der Waals surface area contributed by atoms with Crippen molar-refractivity contribution in [3.05, 3.63) is 46.5 Å². The van der Waals surface area contributed by atoms with Crippen LogP contribution in [0.4, 0.5) is 0 Å². The molecule has 0 saturated carbocycles. The fourth-order valence-electron chi connectivity index (χ4n) is 3.63. The van der Waals surface area contributed by atoms with Gasteiger partial charge in [-0.15, -0.1) is 0 Å². The predicted molar refractivity (Wildman–Crippen MR) is 108 cm³/mol. The van der Waals surface area contributed by atoms with Gasteiger partial charge in [-0.2, -0.15) is 0 Å². The van der Waals surface area contributed by atoms with E-state index in [1.54, 1.807) is 26.4 Å². The van der Waals surface area contributed by atoms with Crippen LogP contribution in [0.25, 0.3) is 0 Å². The van der Waals surface area contributed by atoms with Gasteiger partial charge >= 0.3 is 0 Å². The van der Waals surface area contributed by atoms with Crippen molar-refractivity contribution in [2.24, 2.45) is 0 Å². The maximum absolute atomic E-state index is 12.9. The van der Waals surface area contributed by atoms with E-state index in [9.17, 15) is 4.79 Å². The first-order chi connectivity index (χ1) is 14.1. The van der Waals surface area contributed by atoms with E-state index in [1.165, 1.54) is 0 Å². The van der Waals surface area contributed by atoms with Crippen molar-refractivity contribution in [1.29, 1.82) is 0 Å². The summed E-state index contributed by atoms with van der Waals surface area (Å²) in [5.74, 6) is 2.60. The summed E-state index contributed by atoms with van der Waals surface area (Å²) in [6.07, 6.45) is 0. The maximum Gasteiger partial charge on any atom is 0.254 e. The third kappa shape index (κ3) is 4.06. The van der Waals surface area contributed by atoms with Gasteiger partial charge in [0.1, 0.15) is 11.5 Å². The molecule has 2 aromatic carbocycles. The third-order valence-electron chi connectivity index (χ3n) is 5.22. The van der Waals surface area contributed by atoms with Gasteiger partial charge in [0.25, 0.3) is 5.91 Å². The molecule has 1 fully saturated rings. The van der Waals surface area contributed by atoms with E-state index in [-0.39, 0.29) is 12.7 Å². The van der Waals surface area contributed by atoms with Crippen LogP contribution < -0.4 is 18.9 Å². The van der Waals surface area contributed by atoms with Crippen LogP contribution in [0.5, 0.6) is 23.0 Å². The van der Waals surface area contributed by atoms with Crippen LogP contribution in [0, 0.1) is 0 Å². The van der Waals surface area contributed by atoms with Gasteiger partial charge in [0, 0.05) is 43.9 Å². The minimum Gasteiger partial charge on any atom is -0.497 e. The summed E-state index contributed by atoms with van der Waals surface area (Å²) >= 11 is 6.22. The molecule has 0 bridgehead atoms. The number of halogens is 1. The van der Waals surface area contributed by atoms with Crippen molar-refractivity contribution in [2.45, 2.75) is 6.54 Å². The second-order valence-corrected chi connectivity index (χ2v) is 7.35. The molecule has 154 valence electrons. The molecule has 0 aliphatic carbocycles. The van der Waals surface area contributed by atoms with Gasteiger partial charge in [-0.1, -0.05) is 11.6 Å². The quantitative estimate of drug-likeness (QED) is 0.743. The smallest absolute Gasteiger partial charge is 0.254 e. The molecular weight excluding hydrogens is 396 g/mol. The van der Waals surface area contributed by atoms with Crippen molar-refractivity contribution >= 4 is 17.5 Å². The second-order valence-electron chi connectivity index (χ2n) is 6.94. The zero-order valence-corrected chi connectivity index (χ0v) is 17.2. The standard InChI is InChI=1S/C21H23ClN2O5/c1-26-16-3-4-18(27-2)15(9-16)12-23-5-7-24(8-6-23)21(25)14-10-17(22)20-19(11-14)28-13-29-20/h3-4,9-11H,5-8,12-13H2,1-2H3. The lowest BCUT2D eigenvalue weighted by Gasteiger charge is -2.35. The second kappa shape index (κ2) is 8.39. The van der Waals surface area contributed by atoms with E-state index in [0.717, 1.165) is 36.7 Å². The van der Waals surface area contributed by atoms with Crippen LogP contribution in [0.15, 0.2) is 30.3 Å². The lowest BCUT2D eigenvalue weighted by atomic mass is 10.1. The largest absolute Gasteiger partial charge is 0.497 e. The van der Waals surface area contributed by atoms with Crippen molar-refractivity contribution in [1.82, 2.24) is 9.80 Å². The topological polar surface area (TPSA) is 60.5 Å². The summed E-state index contributed by atoms with van der Waals surface area (Å²) in [6, 6.07) is 9.13. The number of hydrogen-bond acceptors (Lipinski definition) is 6. The number of methoxy groups -OCH3 is 2. The number of ether oxygens (including phenoxy) is 4. The number of fused-ring (bicyclic) bond motifs is 1. The number of carbonyl (C=O) groups is 1. The zero-order valence-electron chi connectivity index (χ0n) is 16.4. The monoisotopic (exact) mass is 418 g/mol. The molecule has 2 aliphatic heterocycles. The van der Waals surface area contributed by atoms with E-state index >= 15 is 0 Å². The number of piperazine rings is 1. The fourth-order valence-corrected chi connectivity index (χ4v) is 3.89. The van der Waals surface area contributed by atoms with E-state index in [2.05, 4.69) is 4.90 Å². The summed E-state index contributed by atoms with van der Waals surface area (Å²) in [5, 5.41) is 0.395. The molecule has 2 aliphatic rings. The summed E-state index contributed by atoms with van der Waals surface area (Å²) < 4.78 is 21.5. The van der Waals surface area contributed by atoms with Crippen LogP contribution in [-0.2, 0) is 6.54 Å². The molecule has 0 N–H and O–H groups in total. The highest BCUT2D eigenvalue weighted by atomic mass is 35.5. The first-order valence-corrected chi connectivity index (χ1v) is 9.78. The molecule has 0 radical (unpaired) electrons. The highest BCUT2D eigenvalue weighted by Crippen LogP contribution is 2.40. The predicted octanol–water partition coefficient (Wildman–Crippen LogP) is 3.04. The number of hydrogen-bond donors (Lipinski definition) is 0. The molecule has 0 atom stereocenters. The Morgan fingerprint density at radius 3 is 2.59 bits per heavy atom. The Labute approximate surface area is 174 Å².